The van der Waals surface area contributed by atoms with Gasteiger partial charge in [0.1, 0.15) is 5.75 Å². The lowest BCUT2D eigenvalue weighted by molar-refractivity contribution is -0.134. The Morgan fingerprint density at radius 3 is 2.74 bits per heavy atom. The molecule has 2 fully saturated rings. The van der Waals surface area contributed by atoms with Crippen molar-refractivity contribution in [1.29, 1.82) is 0 Å². The lowest BCUT2D eigenvalue weighted by Gasteiger charge is -2.32. The number of rotatable bonds is 6. The fourth-order valence-electron chi connectivity index (χ4n) is 2.96. The van der Waals surface area contributed by atoms with Gasteiger partial charge in [0.15, 0.2) is 6.61 Å². The second-order valence-electron chi connectivity index (χ2n) is 6.66. The van der Waals surface area contributed by atoms with E-state index in [9.17, 15) is 4.79 Å². The Balaban J connectivity index is 1.41. The van der Waals surface area contributed by atoms with Crippen molar-refractivity contribution in [2.75, 3.05) is 26.2 Å². The monoisotopic (exact) mass is 336 g/mol. The van der Waals surface area contributed by atoms with Crippen molar-refractivity contribution < 1.29 is 9.53 Å². The number of hydrogen-bond donors (Lipinski definition) is 1. The molecule has 0 bridgehead atoms. The first kappa shape index (κ1) is 16.6. The van der Waals surface area contributed by atoms with E-state index >= 15 is 0 Å². The Hall–Kier alpha value is -1.26. The van der Waals surface area contributed by atoms with Crippen LogP contribution in [-0.4, -0.2) is 43.1 Å². The second-order valence-corrected chi connectivity index (χ2v) is 7.07. The minimum Gasteiger partial charge on any atom is -0.483 e. The number of benzene rings is 1. The highest BCUT2D eigenvalue weighted by molar-refractivity contribution is 6.31. The topological polar surface area (TPSA) is 41.6 Å². The zero-order valence-electron chi connectivity index (χ0n) is 13.7. The van der Waals surface area contributed by atoms with Crippen LogP contribution in [0.15, 0.2) is 18.2 Å². The molecule has 1 saturated heterocycles. The van der Waals surface area contributed by atoms with Gasteiger partial charge in [-0.05, 0) is 57.2 Å². The maximum absolute atomic E-state index is 12.3. The molecule has 126 valence electrons. The van der Waals surface area contributed by atoms with Crippen LogP contribution in [0.3, 0.4) is 0 Å². The summed E-state index contributed by atoms with van der Waals surface area (Å²) < 4.78 is 5.66. The van der Waals surface area contributed by atoms with Gasteiger partial charge in [-0.1, -0.05) is 17.7 Å². The number of carbonyl (C=O) groups excluding carboxylic acids is 1. The van der Waals surface area contributed by atoms with Gasteiger partial charge in [0.2, 0.25) is 0 Å². The van der Waals surface area contributed by atoms with Crippen molar-refractivity contribution in [1.82, 2.24) is 10.2 Å². The first-order valence-electron chi connectivity index (χ1n) is 8.52. The summed E-state index contributed by atoms with van der Waals surface area (Å²) in [6, 6.07) is 6.08. The lowest BCUT2D eigenvalue weighted by atomic mass is 10.0. The molecule has 5 heteroatoms. The molecule has 4 nitrogen and oxygen atoms in total. The van der Waals surface area contributed by atoms with Gasteiger partial charge in [-0.25, -0.2) is 0 Å². The van der Waals surface area contributed by atoms with Gasteiger partial charge >= 0.3 is 0 Å². The molecule has 0 spiro atoms. The molecule has 0 unspecified atom stereocenters. The standard InChI is InChI=1S/C18H25ClN2O2/c1-13-16(19)3-2-4-17(13)23-12-18(22)21-9-7-15(8-10-21)20-11-14-5-6-14/h2-4,14-15,20H,5-12H2,1H3. The molecule has 3 rings (SSSR count). The van der Waals surface area contributed by atoms with Gasteiger partial charge in [-0.2, -0.15) is 0 Å². The molecule has 1 amide bonds. The normalized spacial score (nSPS) is 19.0. The number of nitrogens with one attached hydrogen (secondary N) is 1. The molecule has 1 heterocycles. The van der Waals surface area contributed by atoms with E-state index in [0.717, 1.165) is 44.0 Å². The molecule has 1 saturated carbocycles. The third-order valence-electron chi connectivity index (χ3n) is 4.81. The van der Waals surface area contributed by atoms with E-state index in [1.807, 2.05) is 30.0 Å². The summed E-state index contributed by atoms with van der Waals surface area (Å²) in [6.45, 7) is 4.77. The van der Waals surface area contributed by atoms with Gasteiger partial charge in [0, 0.05) is 29.7 Å². The molecule has 1 aromatic carbocycles. The van der Waals surface area contributed by atoms with Crippen LogP contribution in [0.25, 0.3) is 0 Å². The summed E-state index contributed by atoms with van der Waals surface area (Å²) in [6.07, 6.45) is 4.83. The molecule has 0 aromatic heterocycles. The van der Waals surface area contributed by atoms with Crippen LogP contribution in [0.2, 0.25) is 5.02 Å². The van der Waals surface area contributed by atoms with Gasteiger partial charge in [0.05, 0.1) is 0 Å². The number of halogens is 1. The van der Waals surface area contributed by atoms with Crippen molar-refractivity contribution >= 4 is 17.5 Å². The summed E-state index contributed by atoms with van der Waals surface area (Å²) in [4.78, 5) is 14.2. The summed E-state index contributed by atoms with van der Waals surface area (Å²) in [5.41, 5.74) is 0.880. The minimum atomic E-state index is 0.0602. The number of ether oxygens (including phenoxy) is 1. The largest absolute Gasteiger partial charge is 0.483 e. The molecule has 0 radical (unpaired) electrons. The van der Waals surface area contributed by atoms with E-state index < -0.39 is 0 Å². The van der Waals surface area contributed by atoms with Crippen molar-refractivity contribution in [3.63, 3.8) is 0 Å². The highest BCUT2D eigenvalue weighted by Gasteiger charge is 2.26. The van der Waals surface area contributed by atoms with E-state index in [0.29, 0.717) is 16.8 Å². The molecule has 1 aliphatic carbocycles. The van der Waals surface area contributed by atoms with E-state index in [1.54, 1.807) is 0 Å². The van der Waals surface area contributed by atoms with Crippen LogP contribution in [0.4, 0.5) is 0 Å². The molecule has 0 atom stereocenters. The van der Waals surface area contributed by atoms with Gasteiger partial charge < -0.3 is 15.0 Å². The van der Waals surface area contributed by atoms with E-state index in [4.69, 9.17) is 16.3 Å². The average Bonchev–Trinajstić information content (AvgIpc) is 3.39. The van der Waals surface area contributed by atoms with Crippen molar-refractivity contribution in [2.24, 2.45) is 5.92 Å². The summed E-state index contributed by atoms with van der Waals surface area (Å²) in [5, 5.41) is 4.30. The fraction of sp³-hybridized carbons (Fsp3) is 0.611. The van der Waals surface area contributed by atoms with Crippen LogP contribution >= 0.6 is 11.6 Å². The van der Waals surface area contributed by atoms with Crippen LogP contribution in [0.5, 0.6) is 5.75 Å². The first-order chi connectivity index (χ1) is 11.1. The average molecular weight is 337 g/mol. The number of nitrogens with zero attached hydrogens (tertiary/aromatic N) is 1. The molecule has 1 aromatic rings. The molecule has 1 N–H and O–H groups in total. The molecular formula is C18H25ClN2O2. The van der Waals surface area contributed by atoms with Gasteiger partial charge in [-0.3, -0.25) is 4.79 Å². The van der Waals surface area contributed by atoms with E-state index in [1.165, 1.54) is 12.8 Å². The van der Waals surface area contributed by atoms with E-state index in [-0.39, 0.29) is 12.5 Å². The minimum absolute atomic E-state index is 0.0602. The first-order valence-corrected chi connectivity index (χ1v) is 8.90. The number of carbonyl (C=O) groups is 1. The Kier molecular flexibility index (Phi) is 5.44. The summed E-state index contributed by atoms with van der Waals surface area (Å²) in [7, 11) is 0. The maximum Gasteiger partial charge on any atom is 0.260 e. The Bertz CT molecular complexity index is 552. The lowest BCUT2D eigenvalue weighted by Crippen LogP contribution is -2.46. The fourth-order valence-corrected chi connectivity index (χ4v) is 3.13. The highest BCUT2D eigenvalue weighted by atomic mass is 35.5. The van der Waals surface area contributed by atoms with Crippen LogP contribution in [0.1, 0.15) is 31.2 Å². The predicted molar refractivity (Wildman–Crippen MR) is 92.0 cm³/mol. The number of hydrogen-bond acceptors (Lipinski definition) is 3. The zero-order valence-corrected chi connectivity index (χ0v) is 14.4. The third kappa shape index (κ3) is 4.61. The number of likely N-dealkylation sites (tertiary alicyclic amines) is 1. The van der Waals surface area contributed by atoms with Crippen LogP contribution in [0, 0.1) is 12.8 Å². The quantitative estimate of drug-likeness (QED) is 0.868. The summed E-state index contributed by atoms with van der Waals surface area (Å²) in [5.74, 6) is 1.65. The molecule has 1 aliphatic heterocycles. The number of amides is 1. The third-order valence-corrected chi connectivity index (χ3v) is 5.22. The number of piperidine rings is 1. The van der Waals surface area contributed by atoms with Gasteiger partial charge in [-0.15, -0.1) is 0 Å². The second kappa shape index (κ2) is 7.54. The van der Waals surface area contributed by atoms with Gasteiger partial charge in [0.25, 0.3) is 5.91 Å². The van der Waals surface area contributed by atoms with Crippen molar-refractivity contribution in [3.05, 3.63) is 28.8 Å². The Morgan fingerprint density at radius 1 is 1.30 bits per heavy atom. The van der Waals surface area contributed by atoms with Crippen LogP contribution < -0.4 is 10.1 Å². The highest BCUT2D eigenvalue weighted by Crippen LogP contribution is 2.28. The Labute approximate surface area is 143 Å². The zero-order chi connectivity index (χ0) is 16.2. The molecular weight excluding hydrogens is 312 g/mol. The predicted octanol–water partition coefficient (Wildman–Crippen LogP) is 3.02. The van der Waals surface area contributed by atoms with E-state index in [2.05, 4.69) is 5.32 Å². The van der Waals surface area contributed by atoms with Crippen molar-refractivity contribution in [2.45, 2.75) is 38.6 Å². The summed E-state index contributed by atoms with van der Waals surface area (Å²) >= 11 is 6.07. The molecule has 2 aliphatic rings. The molecule has 23 heavy (non-hydrogen) atoms. The maximum atomic E-state index is 12.3. The Morgan fingerprint density at radius 2 is 2.04 bits per heavy atom. The van der Waals surface area contributed by atoms with Crippen molar-refractivity contribution in [3.8, 4) is 5.75 Å². The van der Waals surface area contributed by atoms with Crippen LogP contribution in [-0.2, 0) is 4.79 Å². The smallest absolute Gasteiger partial charge is 0.260 e. The SMILES string of the molecule is Cc1c(Cl)cccc1OCC(=O)N1CCC(NCC2CC2)CC1.